The van der Waals surface area contributed by atoms with Crippen LogP contribution in [0.2, 0.25) is 0 Å². The van der Waals surface area contributed by atoms with Crippen LogP contribution in [0.5, 0.6) is 0 Å². The average molecular weight is 511 g/mol. The largest absolute Gasteiger partial charge is 0.480 e. The zero-order valence-electron chi connectivity index (χ0n) is 21.5. The Labute approximate surface area is 218 Å². The number of hydrogen-bond donors (Lipinski definition) is 4. The Morgan fingerprint density at radius 2 is 2.22 bits per heavy atom. The van der Waals surface area contributed by atoms with Crippen LogP contribution in [0.25, 0.3) is 0 Å². The van der Waals surface area contributed by atoms with Crippen molar-refractivity contribution in [2.75, 3.05) is 50.5 Å². The number of carboxylic acids is 1. The molecule has 0 bridgehead atoms. The maximum absolute atomic E-state index is 11.9. The Hall–Kier alpha value is -3.57. The lowest BCUT2D eigenvalue weighted by atomic mass is 10.1. The third-order valence-electron chi connectivity index (χ3n) is 6.13. The smallest absolute Gasteiger partial charge is 0.326 e. The van der Waals surface area contributed by atoms with E-state index in [1.807, 2.05) is 0 Å². The molecule has 0 aromatic carbocycles. The van der Waals surface area contributed by atoms with Crippen molar-refractivity contribution in [3.8, 4) is 0 Å². The van der Waals surface area contributed by atoms with Crippen molar-refractivity contribution in [2.45, 2.75) is 44.6 Å². The van der Waals surface area contributed by atoms with Crippen LogP contribution in [-0.2, 0) is 22.4 Å². The standard InChI is InChI=1S/C26H38N8O3/c1-37-17-16-34(14-3-2-7-21-9-8-20-6-4-12-29-25(20)32-21)15-10-22(26(35)36)33-24-18-23(30-19-31-24)28-13-5-11-27/h5,8-9,11,13,18-19,22H,2-4,6-7,10,12,14-17,27H2,1H3,(H,29,32)(H,35,36)(H,30,31,33). The van der Waals surface area contributed by atoms with Gasteiger partial charge in [0, 0.05) is 44.7 Å². The molecule has 1 unspecified atom stereocenters. The van der Waals surface area contributed by atoms with E-state index in [-0.39, 0.29) is 0 Å². The summed E-state index contributed by atoms with van der Waals surface area (Å²) in [6.45, 7) is 3.80. The van der Waals surface area contributed by atoms with Crippen molar-refractivity contribution < 1.29 is 14.6 Å². The van der Waals surface area contributed by atoms with Gasteiger partial charge in [-0.25, -0.2) is 24.7 Å². The highest BCUT2D eigenvalue weighted by Crippen LogP contribution is 2.20. The third kappa shape index (κ3) is 9.77. The summed E-state index contributed by atoms with van der Waals surface area (Å²) < 4.78 is 5.27. The van der Waals surface area contributed by atoms with Crippen LogP contribution in [0.1, 0.15) is 36.9 Å². The Balaban J connectivity index is 1.49. The number of nitrogens with one attached hydrogen (secondary N) is 2. The first kappa shape index (κ1) is 28.0. The summed E-state index contributed by atoms with van der Waals surface area (Å²) in [4.78, 5) is 31.3. The van der Waals surface area contributed by atoms with Crippen LogP contribution in [0, 0.1) is 0 Å². The van der Waals surface area contributed by atoms with E-state index < -0.39 is 12.0 Å². The molecule has 0 spiro atoms. The minimum atomic E-state index is -0.937. The first-order chi connectivity index (χ1) is 18.1. The molecule has 1 atom stereocenters. The lowest BCUT2D eigenvalue weighted by Gasteiger charge is -2.24. The molecule has 2 aromatic rings. The number of pyridine rings is 1. The van der Waals surface area contributed by atoms with E-state index in [0.717, 1.165) is 63.3 Å². The fourth-order valence-corrected chi connectivity index (χ4v) is 4.12. The van der Waals surface area contributed by atoms with E-state index in [0.29, 0.717) is 31.2 Å². The zero-order chi connectivity index (χ0) is 26.3. The summed E-state index contributed by atoms with van der Waals surface area (Å²) in [6.07, 6.45) is 11.4. The molecule has 11 nitrogen and oxygen atoms in total. The summed E-state index contributed by atoms with van der Waals surface area (Å²) in [5, 5.41) is 16.2. The molecule has 0 fully saturated rings. The molecule has 2 aromatic heterocycles. The van der Waals surface area contributed by atoms with Crippen LogP contribution in [0.4, 0.5) is 17.5 Å². The number of methoxy groups -OCH3 is 1. The number of nitrogens with zero attached hydrogens (tertiary/aromatic N) is 5. The summed E-state index contributed by atoms with van der Waals surface area (Å²) >= 11 is 0. The SMILES string of the molecule is COCCN(CCCCc1ccc2c(n1)NCCC2)CCC(Nc1cc(N=CC=CN)ncn1)C(=O)O. The number of rotatable bonds is 16. The highest BCUT2D eigenvalue weighted by atomic mass is 16.5. The highest BCUT2D eigenvalue weighted by molar-refractivity contribution is 5.77. The number of ether oxygens (including phenoxy) is 1. The summed E-state index contributed by atoms with van der Waals surface area (Å²) in [5.74, 6) is 0.911. The Kier molecular flexibility index (Phi) is 11.7. The number of nitrogens with two attached hydrogens (primary N) is 1. The maximum Gasteiger partial charge on any atom is 0.326 e. The van der Waals surface area contributed by atoms with Crippen LogP contribution < -0.4 is 16.4 Å². The zero-order valence-corrected chi connectivity index (χ0v) is 21.5. The van der Waals surface area contributed by atoms with Crippen molar-refractivity contribution in [3.63, 3.8) is 0 Å². The van der Waals surface area contributed by atoms with Crippen LogP contribution in [0.15, 0.2) is 41.8 Å². The van der Waals surface area contributed by atoms with E-state index >= 15 is 0 Å². The van der Waals surface area contributed by atoms with Crippen molar-refractivity contribution in [1.29, 1.82) is 0 Å². The van der Waals surface area contributed by atoms with Gasteiger partial charge in [0.25, 0.3) is 0 Å². The fraction of sp³-hybridized carbons (Fsp3) is 0.500. The summed E-state index contributed by atoms with van der Waals surface area (Å²) in [5.41, 5.74) is 7.71. The number of aryl methyl sites for hydroxylation is 2. The van der Waals surface area contributed by atoms with Crippen molar-refractivity contribution in [2.24, 2.45) is 10.7 Å². The first-order valence-electron chi connectivity index (χ1n) is 12.8. The average Bonchev–Trinajstić information content (AvgIpc) is 2.91. The number of aromatic nitrogens is 3. The molecule has 0 amide bonds. The molecule has 3 rings (SSSR count). The van der Waals surface area contributed by atoms with E-state index in [1.165, 1.54) is 24.3 Å². The molecule has 0 aliphatic carbocycles. The molecular formula is C26H38N8O3. The predicted octanol–water partition coefficient (Wildman–Crippen LogP) is 2.63. The molecular weight excluding hydrogens is 472 g/mol. The molecule has 1 aliphatic heterocycles. The van der Waals surface area contributed by atoms with Gasteiger partial charge < -0.3 is 31.1 Å². The molecule has 200 valence electrons. The minimum absolute atomic E-state index is 0.404. The molecule has 3 heterocycles. The van der Waals surface area contributed by atoms with E-state index in [1.54, 1.807) is 19.3 Å². The van der Waals surface area contributed by atoms with Gasteiger partial charge in [0.15, 0.2) is 5.82 Å². The molecule has 0 saturated carbocycles. The number of fused-ring (bicyclic) bond motifs is 1. The van der Waals surface area contributed by atoms with E-state index in [4.69, 9.17) is 15.5 Å². The number of aliphatic carboxylic acids is 1. The Morgan fingerprint density at radius 1 is 1.32 bits per heavy atom. The lowest BCUT2D eigenvalue weighted by molar-refractivity contribution is -0.138. The van der Waals surface area contributed by atoms with Crippen molar-refractivity contribution >= 4 is 29.6 Å². The number of unbranched alkanes of at least 4 members (excludes halogenated alkanes) is 1. The van der Waals surface area contributed by atoms with Gasteiger partial charge in [-0.15, -0.1) is 0 Å². The minimum Gasteiger partial charge on any atom is -0.480 e. The Bertz CT molecular complexity index is 1050. The maximum atomic E-state index is 11.9. The second-order valence-corrected chi connectivity index (χ2v) is 8.88. The third-order valence-corrected chi connectivity index (χ3v) is 6.13. The molecule has 11 heteroatoms. The summed E-state index contributed by atoms with van der Waals surface area (Å²) in [6, 6.07) is 5.13. The molecule has 37 heavy (non-hydrogen) atoms. The molecule has 0 radical (unpaired) electrons. The summed E-state index contributed by atoms with van der Waals surface area (Å²) in [7, 11) is 1.67. The normalized spacial score (nSPS) is 14.1. The van der Waals surface area contributed by atoms with Gasteiger partial charge in [-0.3, -0.25) is 0 Å². The van der Waals surface area contributed by atoms with Crippen molar-refractivity contribution in [3.05, 3.63) is 48.1 Å². The van der Waals surface area contributed by atoms with Crippen LogP contribution in [0.3, 0.4) is 0 Å². The molecule has 5 N–H and O–H groups in total. The second kappa shape index (κ2) is 15.5. The number of carbonyl (C=O) groups is 1. The fourth-order valence-electron chi connectivity index (χ4n) is 4.12. The van der Waals surface area contributed by atoms with Gasteiger partial charge >= 0.3 is 5.97 Å². The van der Waals surface area contributed by atoms with Crippen molar-refractivity contribution in [1.82, 2.24) is 19.9 Å². The Morgan fingerprint density at radius 3 is 3.03 bits per heavy atom. The number of allylic oxidation sites excluding steroid dienone is 1. The highest BCUT2D eigenvalue weighted by Gasteiger charge is 2.19. The van der Waals surface area contributed by atoms with Gasteiger partial charge in [0.1, 0.15) is 24.0 Å². The van der Waals surface area contributed by atoms with Gasteiger partial charge in [0.05, 0.1) is 6.61 Å². The number of anilines is 2. The molecule has 0 saturated heterocycles. The van der Waals surface area contributed by atoms with E-state index in [9.17, 15) is 9.90 Å². The number of hydrogen-bond acceptors (Lipinski definition) is 10. The first-order valence-corrected chi connectivity index (χ1v) is 12.8. The quantitative estimate of drug-likeness (QED) is 0.196. The van der Waals surface area contributed by atoms with Gasteiger partial charge in [0.2, 0.25) is 0 Å². The van der Waals surface area contributed by atoms with Gasteiger partial charge in [-0.1, -0.05) is 6.07 Å². The van der Waals surface area contributed by atoms with Gasteiger partial charge in [-0.05, 0) is 69.0 Å². The van der Waals surface area contributed by atoms with Crippen LogP contribution in [-0.4, -0.2) is 83.1 Å². The number of carboxylic acid groups (broad SMARTS) is 1. The second-order valence-electron chi connectivity index (χ2n) is 8.88. The van der Waals surface area contributed by atoms with Gasteiger partial charge in [-0.2, -0.15) is 0 Å². The van der Waals surface area contributed by atoms with E-state index in [2.05, 4.69) is 42.6 Å². The molecule has 1 aliphatic rings. The monoisotopic (exact) mass is 510 g/mol. The lowest BCUT2D eigenvalue weighted by Crippen LogP contribution is -2.36. The van der Waals surface area contributed by atoms with Crippen LogP contribution >= 0.6 is 0 Å². The predicted molar refractivity (Wildman–Crippen MR) is 145 cm³/mol. The topological polar surface area (TPSA) is 151 Å². The number of aliphatic imine (C=N–C) groups is 1.